The van der Waals surface area contributed by atoms with E-state index < -0.39 is 5.97 Å². The highest BCUT2D eigenvalue weighted by atomic mass is 16.5. The number of carbonyl (C=O) groups excluding carboxylic acids is 2. The lowest BCUT2D eigenvalue weighted by molar-refractivity contribution is -0.128. The summed E-state index contributed by atoms with van der Waals surface area (Å²) in [6, 6.07) is 3.18. The van der Waals surface area contributed by atoms with Crippen molar-refractivity contribution in [3.05, 3.63) is 24.2 Å². The Kier molecular flexibility index (Phi) is 6.85. The van der Waals surface area contributed by atoms with Gasteiger partial charge in [-0.2, -0.15) is 0 Å². The number of methoxy groups -OCH3 is 1. The summed E-state index contributed by atoms with van der Waals surface area (Å²) < 4.78 is 13.2. The zero-order valence-electron chi connectivity index (χ0n) is 8.06. The monoisotopic (exact) mass is 200 g/mol. The highest BCUT2D eigenvalue weighted by Gasteiger charge is 2.05. The summed E-state index contributed by atoms with van der Waals surface area (Å²) in [7, 11) is 1.31. The van der Waals surface area contributed by atoms with Crippen molar-refractivity contribution in [2.75, 3.05) is 13.7 Å². The van der Waals surface area contributed by atoms with Crippen LogP contribution in [0.15, 0.2) is 22.8 Å². The van der Waals surface area contributed by atoms with Crippen molar-refractivity contribution in [2.24, 2.45) is 0 Å². The molecule has 0 radical (unpaired) electrons. The third-order valence-corrected chi connectivity index (χ3v) is 1.14. The lowest BCUT2D eigenvalue weighted by Crippen LogP contribution is -1.97. The van der Waals surface area contributed by atoms with Gasteiger partial charge in [0.15, 0.2) is 0 Å². The number of ether oxygens (including phenoxy) is 2. The summed E-state index contributed by atoms with van der Waals surface area (Å²) in [4.78, 5) is 19.7. The number of carbonyl (C=O) groups is 2. The Bertz CT molecular complexity index is 252. The van der Waals surface area contributed by atoms with Crippen LogP contribution in [0.4, 0.5) is 0 Å². The molecular formula is C9H12O5. The topological polar surface area (TPSA) is 65.7 Å². The third kappa shape index (κ3) is 4.97. The Balaban J connectivity index is 0.000000292. The molecule has 0 spiro atoms. The molecule has 0 aliphatic heterocycles. The average molecular weight is 200 g/mol. The van der Waals surface area contributed by atoms with Crippen LogP contribution >= 0.6 is 0 Å². The Hall–Kier alpha value is -1.78. The molecule has 5 heteroatoms. The molecule has 0 unspecified atom stereocenters. The zero-order valence-corrected chi connectivity index (χ0v) is 8.06. The molecular weight excluding hydrogens is 188 g/mol. The fraction of sp³-hybridized carbons (Fsp3) is 0.333. The van der Waals surface area contributed by atoms with Crippen LogP contribution in [0.5, 0.6) is 0 Å². The largest absolute Gasteiger partial charge is 0.468 e. The van der Waals surface area contributed by atoms with Crippen LogP contribution in [0, 0.1) is 0 Å². The molecule has 0 aliphatic rings. The minimum atomic E-state index is -0.444. The molecule has 0 N–H and O–H groups in total. The highest BCUT2D eigenvalue weighted by molar-refractivity contribution is 5.85. The van der Waals surface area contributed by atoms with E-state index >= 15 is 0 Å². The molecule has 5 nitrogen and oxygen atoms in total. The van der Waals surface area contributed by atoms with Crippen LogP contribution in [0.3, 0.4) is 0 Å². The molecule has 0 aromatic carbocycles. The van der Waals surface area contributed by atoms with Crippen molar-refractivity contribution in [1.29, 1.82) is 0 Å². The van der Waals surface area contributed by atoms with Crippen molar-refractivity contribution >= 4 is 12.4 Å². The van der Waals surface area contributed by atoms with E-state index in [-0.39, 0.29) is 5.76 Å². The van der Waals surface area contributed by atoms with Gasteiger partial charge in [0.05, 0.1) is 20.0 Å². The Morgan fingerprint density at radius 2 is 2.36 bits per heavy atom. The first kappa shape index (κ1) is 12.2. The lowest BCUT2D eigenvalue weighted by atomic mass is 10.5. The maximum Gasteiger partial charge on any atom is 0.373 e. The van der Waals surface area contributed by atoms with E-state index in [0.717, 1.165) is 0 Å². The smallest absolute Gasteiger partial charge is 0.373 e. The van der Waals surface area contributed by atoms with Crippen LogP contribution < -0.4 is 0 Å². The quantitative estimate of drug-likeness (QED) is 0.542. The second-order valence-corrected chi connectivity index (χ2v) is 2.02. The lowest BCUT2D eigenvalue weighted by Gasteiger charge is -1.89. The van der Waals surface area contributed by atoms with Crippen LogP contribution in [-0.2, 0) is 14.3 Å². The SMILES string of the molecule is CCOC=O.COC(=O)c1ccco1. The molecule has 0 amide bonds. The molecule has 0 atom stereocenters. The fourth-order valence-corrected chi connectivity index (χ4v) is 0.563. The van der Waals surface area contributed by atoms with Crippen molar-refractivity contribution < 1.29 is 23.5 Å². The third-order valence-electron chi connectivity index (χ3n) is 1.14. The van der Waals surface area contributed by atoms with E-state index in [1.54, 1.807) is 19.1 Å². The molecule has 0 aliphatic carbocycles. The van der Waals surface area contributed by atoms with Gasteiger partial charge in [-0.3, -0.25) is 4.79 Å². The number of furan rings is 1. The number of rotatable bonds is 3. The number of hydrogen-bond donors (Lipinski definition) is 0. The second kappa shape index (κ2) is 7.85. The maximum atomic E-state index is 10.6. The molecule has 1 rings (SSSR count). The normalized spacial score (nSPS) is 8.14. The summed E-state index contributed by atoms with van der Waals surface area (Å²) in [5, 5.41) is 0. The first-order valence-electron chi connectivity index (χ1n) is 3.93. The summed E-state index contributed by atoms with van der Waals surface area (Å²) in [5.41, 5.74) is 0. The van der Waals surface area contributed by atoms with Crippen LogP contribution in [0.1, 0.15) is 17.5 Å². The van der Waals surface area contributed by atoms with Crippen molar-refractivity contribution in [3.63, 3.8) is 0 Å². The van der Waals surface area contributed by atoms with E-state index in [0.29, 0.717) is 13.1 Å². The van der Waals surface area contributed by atoms with Gasteiger partial charge >= 0.3 is 5.97 Å². The maximum absolute atomic E-state index is 10.6. The van der Waals surface area contributed by atoms with Gasteiger partial charge in [-0.15, -0.1) is 0 Å². The Morgan fingerprint density at radius 3 is 2.64 bits per heavy atom. The fourth-order valence-electron chi connectivity index (χ4n) is 0.563. The molecule has 0 saturated carbocycles. The summed E-state index contributed by atoms with van der Waals surface area (Å²) in [5.74, 6) is -0.211. The van der Waals surface area contributed by atoms with Gasteiger partial charge in [-0.05, 0) is 19.1 Å². The standard InChI is InChI=1S/C6H6O3.C3H6O2/c1-8-6(7)5-3-2-4-9-5;1-2-5-3-4/h2-4H,1H3;3H,2H2,1H3. The van der Waals surface area contributed by atoms with E-state index in [9.17, 15) is 9.59 Å². The number of esters is 1. The Morgan fingerprint density at radius 1 is 1.64 bits per heavy atom. The first-order chi connectivity index (χ1) is 6.76. The second-order valence-electron chi connectivity index (χ2n) is 2.02. The first-order valence-corrected chi connectivity index (χ1v) is 3.93. The molecule has 1 aromatic rings. The molecule has 1 aromatic heterocycles. The van der Waals surface area contributed by atoms with Crippen LogP contribution in [0.25, 0.3) is 0 Å². The predicted octanol–water partition coefficient (Wildman–Crippen LogP) is 1.25. The van der Waals surface area contributed by atoms with Gasteiger partial charge in [0.25, 0.3) is 6.47 Å². The zero-order chi connectivity index (χ0) is 10.8. The minimum absolute atomic E-state index is 0.234. The van der Waals surface area contributed by atoms with E-state index in [2.05, 4.69) is 9.47 Å². The van der Waals surface area contributed by atoms with Crippen molar-refractivity contribution in [2.45, 2.75) is 6.92 Å². The van der Waals surface area contributed by atoms with Gasteiger partial charge in [-0.1, -0.05) is 0 Å². The molecule has 78 valence electrons. The predicted molar refractivity (Wildman–Crippen MR) is 47.7 cm³/mol. The van der Waals surface area contributed by atoms with Gasteiger partial charge < -0.3 is 13.9 Å². The summed E-state index contributed by atoms with van der Waals surface area (Å²) >= 11 is 0. The van der Waals surface area contributed by atoms with Crippen LogP contribution in [-0.4, -0.2) is 26.2 Å². The number of hydrogen-bond acceptors (Lipinski definition) is 5. The summed E-state index contributed by atoms with van der Waals surface area (Å²) in [6.45, 7) is 2.66. The van der Waals surface area contributed by atoms with Gasteiger partial charge in [0, 0.05) is 0 Å². The van der Waals surface area contributed by atoms with Gasteiger partial charge in [0.1, 0.15) is 0 Å². The van der Waals surface area contributed by atoms with Gasteiger partial charge in [-0.25, -0.2) is 4.79 Å². The molecule has 0 fully saturated rings. The van der Waals surface area contributed by atoms with E-state index in [1.807, 2.05) is 0 Å². The summed E-state index contributed by atoms with van der Waals surface area (Å²) in [6.07, 6.45) is 1.42. The van der Waals surface area contributed by atoms with E-state index in [1.165, 1.54) is 13.4 Å². The van der Waals surface area contributed by atoms with E-state index in [4.69, 9.17) is 4.42 Å². The van der Waals surface area contributed by atoms with Crippen molar-refractivity contribution in [1.82, 2.24) is 0 Å². The minimum Gasteiger partial charge on any atom is -0.468 e. The van der Waals surface area contributed by atoms with Crippen molar-refractivity contribution in [3.8, 4) is 0 Å². The molecule has 14 heavy (non-hydrogen) atoms. The molecule has 1 heterocycles. The Labute approximate surface area is 81.6 Å². The average Bonchev–Trinajstić information content (AvgIpc) is 2.72. The van der Waals surface area contributed by atoms with Gasteiger partial charge in [0.2, 0.25) is 5.76 Å². The molecule has 0 saturated heterocycles. The highest BCUT2D eigenvalue weighted by Crippen LogP contribution is 2.00. The van der Waals surface area contributed by atoms with Crippen LogP contribution in [0.2, 0.25) is 0 Å². The molecule has 0 bridgehead atoms.